The lowest BCUT2D eigenvalue weighted by atomic mass is 9.89. The van der Waals surface area contributed by atoms with Crippen molar-refractivity contribution in [1.29, 1.82) is 0 Å². The Bertz CT molecular complexity index is 2960. The van der Waals surface area contributed by atoms with Gasteiger partial charge < -0.3 is 64.4 Å². The molecular weight excluding hydrogens is 1190 g/mol. The summed E-state index contributed by atoms with van der Waals surface area (Å²) in [5.41, 5.74) is -1.21. The van der Waals surface area contributed by atoms with Crippen LogP contribution in [0.3, 0.4) is 0 Å². The number of carbonyl (C=O) groups is 4. The molecule has 3 amide bonds. The topological polar surface area (TPSA) is 487 Å². The fourth-order valence-electron chi connectivity index (χ4n) is 8.47. The third-order valence-electron chi connectivity index (χ3n) is 12.2. The van der Waals surface area contributed by atoms with Crippen molar-refractivity contribution >= 4 is 93.6 Å². The Balaban J connectivity index is 0.899. The van der Waals surface area contributed by atoms with E-state index in [0.717, 1.165) is 62.4 Å². The van der Waals surface area contributed by atoms with E-state index in [2.05, 4.69) is 48.6 Å². The number of nitrogens with zero attached hydrogens (tertiary/aromatic N) is 6. The molecule has 2 aliphatic heterocycles. The van der Waals surface area contributed by atoms with Crippen molar-refractivity contribution in [3.63, 3.8) is 0 Å². The third kappa shape index (κ3) is 20.5. The lowest BCUT2D eigenvalue weighted by molar-refractivity contribution is -0.129. The predicted octanol–water partition coefficient (Wildman–Crippen LogP) is 1.58. The molecule has 3 fully saturated rings. The number of amides is 3. The summed E-state index contributed by atoms with van der Waals surface area (Å²) in [5.74, 6) is -0.958. The van der Waals surface area contributed by atoms with Gasteiger partial charge in [0.2, 0.25) is 5.91 Å². The lowest BCUT2D eigenvalue weighted by Crippen LogP contribution is -2.46. The van der Waals surface area contributed by atoms with Crippen LogP contribution >= 0.6 is 52.9 Å². The van der Waals surface area contributed by atoms with E-state index in [1.807, 2.05) is 0 Å². The number of hydrogen-bond donors (Lipinski definition) is 11. The molecule has 0 radical (unpaired) electrons. The number of ether oxygens (including phenoxy) is 3. The van der Waals surface area contributed by atoms with E-state index >= 15 is 0 Å². The Labute approximate surface area is 461 Å². The number of aliphatic hydroxyl groups is 2. The van der Waals surface area contributed by atoms with Gasteiger partial charge in [-0.1, -0.05) is 47.3 Å². The number of ketones is 1. The number of carbonyl (C=O) groups excluding carboxylic acids is 4. The number of imidazole rings is 1. The zero-order valence-electron chi connectivity index (χ0n) is 42.2. The minimum absolute atomic E-state index is 0.0569. The van der Waals surface area contributed by atoms with Gasteiger partial charge in [-0.05, 0) is 32.1 Å². The summed E-state index contributed by atoms with van der Waals surface area (Å²) in [6.45, 7) is -1.53. The second kappa shape index (κ2) is 29.6. The minimum atomic E-state index is -5.78. The monoisotopic (exact) mass is 1260 g/mol. The van der Waals surface area contributed by atoms with Crippen molar-refractivity contribution in [3.8, 4) is 0 Å². The van der Waals surface area contributed by atoms with Crippen LogP contribution in [0, 0.1) is 5.92 Å². The Morgan fingerprint density at radius 3 is 2.12 bits per heavy atom. The number of nitrogens with one attached hydrogen (secondary N) is 3. The van der Waals surface area contributed by atoms with Gasteiger partial charge >= 0.3 is 43.1 Å². The summed E-state index contributed by atoms with van der Waals surface area (Å²) < 4.78 is 82.0. The molecule has 6 rings (SSSR count). The van der Waals surface area contributed by atoms with Gasteiger partial charge in [0.05, 0.1) is 31.7 Å². The summed E-state index contributed by atoms with van der Waals surface area (Å²) >= 11 is 0. The van der Waals surface area contributed by atoms with Crippen molar-refractivity contribution < 1.29 is 109 Å². The smallest absolute Gasteiger partial charge is 0.448 e. The van der Waals surface area contributed by atoms with Crippen LogP contribution in [0.5, 0.6) is 0 Å². The van der Waals surface area contributed by atoms with E-state index in [0.29, 0.717) is 32.1 Å². The van der Waals surface area contributed by atoms with Crippen LogP contribution in [-0.2, 0) is 71.1 Å². The number of aliphatic hydroxyl groups excluding tert-OH is 2. The maximum atomic E-state index is 13.4. The molecule has 40 heteroatoms. The summed E-state index contributed by atoms with van der Waals surface area (Å²) in [6, 6.07) is 1.13. The second-order valence-electron chi connectivity index (χ2n) is 18.2. The number of phosphoric ester groups is 2. The fraction of sp³-hybridized carbons (Fsp3) is 0.675. The van der Waals surface area contributed by atoms with Crippen LogP contribution in [0.15, 0.2) is 34.5 Å². The summed E-state index contributed by atoms with van der Waals surface area (Å²) in [5, 5.41) is 28.0. The van der Waals surface area contributed by atoms with E-state index in [-0.39, 0.29) is 92.1 Å². The van der Waals surface area contributed by atoms with Gasteiger partial charge in [-0.2, -0.15) is 8.62 Å². The standard InChI is InChI=1S/C40H61N9O25P4S2/c50-25(11-7-14-47-30(53)12-15-48(40(47)57)31-18-26(51)28(71-31)20-69-75(58,59)60)10-5-2-6-13-41-37(55)38(46-36(54)24-8-3-1-4-9-24)80-79-17-16-68-39(56)45-34-33-35(43-22-42-34)49(23-44-33)32-19-27(52)29(72-32)21-70-77(64,65)74-78(66,67)73-76(61,62)63/h12,15,22-24,26-29,31-32,38,51-52H,1-11,13-14,16-21H2,(H,41,55)(H,46,54)(H,64,65)(H,66,67)(H2,58,59,60)(H2,61,62,63)(H,42,43,45,56). The zero-order chi connectivity index (χ0) is 58.4. The van der Waals surface area contributed by atoms with Gasteiger partial charge in [-0.25, -0.2) is 42.8 Å². The van der Waals surface area contributed by atoms with Gasteiger partial charge in [-0.15, -0.1) is 0 Å². The number of unbranched alkanes of at least 4 members (excludes halogenated alkanes) is 2. The highest BCUT2D eigenvalue weighted by Crippen LogP contribution is 2.66. The molecule has 5 heterocycles. The molecule has 3 aliphatic rings. The van der Waals surface area contributed by atoms with Crippen LogP contribution in [0.2, 0.25) is 0 Å². The SMILES string of the molecule is O=C(CCCCCNC(=O)C(NC(=O)C1CCCCC1)SSCCOC(=O)Nc1ncnc2c1ncn2C1CC(O)C(COP(=O)(O)OP(=O)(O)OP(=O)(O)O)O1)CCCn1c(=O)ccn(C2CC(O)C(COP(=O)(O)O)O2)c1=O. The van der Waals surface area contributed by atoms with Gasteiger partial charge in [0.25, 0.3) is 11.5 Å². The van der Waals surface area contributed by atoms with Crippen molar-refractivity contribution in [1.82, 2.24) is 39.3 Å². The number of Topliss-reactive ketones (excluding diaryl/α,β-unsaturated/α-hetero) is 1. The first-order valence-electron chi connectivity index (χ1n) is 24.6. The maximum Gasteiger partial charge on any atom is 0.490 e. The molecule has 448 valence electrons. The molecule has 1 aliphatic carbocycles. The number of hydrogen-bond acceptors (Lipinski definition) is 24. The van der Waals surface area contributed by atoms with Crippen molar-refractivity contribution in [2.45, 2.75) is 132 Å². The van der Waals surface area contributed by atoms with Crippen LogP contribution in [-0.4, -0.2) is 154 Å². The van der Waals surface area contributed by atoms with Gasteiger partial charge in [0.1, 0.15) is 43.4 Å². The van der Waals surface area contributed by atoms with Gasteiger partial charge in [0, 0.05) is 62.7 Å². The Morgan fingerprint density at radius 2 is 1.45 bits per heavy atom. The van der Waals surface area contributed by atoms with Crippen LogP contribution in [0.1, 0.15) is 95.9 Å². The van der Waals surface area contributed by atoms with Crippen LogP contribution in [0.25, 0.3) is 11.2 Å². The summed E-state index contributed by atoms with van der Waals surface area (Å²) in [4.78, 5) is 145. The maximum absolute atomic E-state index is 13.4. The molecule has 2 saturated heterocycles. The van der Waals surface area contributed by atoms with Gasteiger partial charge in [0.15, 0.2) is 22.4 Å². The molecule has 80 heavy (non-hydrogen) atoms. The summed E-state index contributed by atoms with van der Waals surface area (Å²) in [6.07, 6.45) is 1.39. The van der Waals surface area contributed by atoms with Crippen LogP contribution in [0.4, 0.5) is 10.6 Å². The number of fused-ring (bicyclic) bond motifs is 1. The van der Waals surface area contributed by atoms with Crippen molar-refractivity contribution in [3.05, 3.63) is 45.8 Å². The van der Waals surface area contributed by atoms with E-state index < -0.39 is 110 Å². The minimum Gasteiger partial charge on any atom is -0.448 e. The molecule has 9 unspecified atom stereocenters. The molecular formula is C40H61N9O25P4S2. The first kappa shape index (κ1) is 65.3. The molecule has 9 atom stereocenters. The average molecular weight is 1260 g/mol. The number of rotatable bonds is 31. The lowest BCUT2D eigenvalue weighted by Gasteiger charge is -2.24. The van der Waals surface area contributed by atoms with E-state index in [1.165, 1.54) is 17.1 Å². The highest BCUT2D eigenvalue weighted by Gasteiger charge is 2.43. The van der Waals surface area contributed by atoms with Crippen LogP contribution < -0.4 is 27.2 Å². The summed E-state index contributed by atoms with van der Waals surface area (Å²) in [7, 11) is -19.5. The largest absolute Gasteiger partial charge is 0.490 e. The molecule has 0 spiro atoms. The number of anilines is 1. The zero-order valence-corrected chi connectivity index (χ0v) is 47.4. The molecule has 11 N–H and O–H groups in total. The second-order valence-corrected chi connectivity index (χ2v) is 26.5. The third-order valence-corrected chi connectivity index (χ3v) is 19.0. The first-order valence-corrected chi connectivity index (χ1v) is 33.1. The highest BCUT2D eigenvalue weighted by molar-refractivity contribution is 8.77. The molecule has 0 bridgehead atoms. The van der Waals surface area contributed by atoms with Crippen molar-refractivity contribution in [2.24, 2.45) is 5.92 Å². The molecule has 3 aromatic rings. The fourth-order valence-corrected chi connectivity index (χ4v) is 13.9. The van der Waals surface area contributed by atoms with E-state index in [4.69, 9.17) is 33.8 Å². The van der Waals surface area contributed by atoms with E-state index in [9.17, 15) is 67.0 Å². The Hall–Kier alpha value is -3.83. The van der Waals surface area contributed by atoms with E-state index in [1.54, 1.807) is 0 Å². The highest BCUT2D eigenvalue weighted by atomic mass is 33.1. The number of phosphoric acid groups is 4. The first-order chi connectivity index (χ1) is 37.7. The molecule has 3 aromatic heterocycles. The Kier molecular flexibility index (Phi) is 24.2. The van der Waals surface area contributed by atoms with Gasteiger partial charge in [-0.3, -0.25) is 47.2 Å². The Morgan fingerprint density at radius 1 is 0.787 bits per heavy atom. The quantitative estimate of drug-likeness (QED) is 0.0188. The molecule has 1 saturated carbocycles. The normalized spacial score (nSPS) is 22.8. The molecule has 0 aromatic carbocycles. The molecule has 34 nitrogen and oxygen atoms in total. The van der Waals surface area contributed by atoms with Crippen molar-refractivity contribution in [2.75, 3.05) is 37.4 Å². The predicted molar refractivity (Wildman–Crippen MR) is 276 cm³/mol. The number of aromatic nitrogens is 6. The average Bonchev–Trinajstić information content (AvgIpc) is 4.10.